The largest absolute Gasteiger partial charge is 0.493 e. The molecule has 2 heterocycles. The van der Waals surface area contributed by atoms with Crippen LogP contribution in [0.5, 0.6) is 17.2 Å². The van der Waals surface area contributed by atoms with Gasteiger partial charge in [0.15, 0.2) is 28.5 Å². The minimum absolute atomic E-state index is 0.0224. The molecule has 0 aliphatic carbocycles. The van der Waals surface area contributed by atoms with E-state index in [0.717, 1.165) is 24.3 Å². The Morgan fingerprint density at radius 3 is 2.02 bits per heavy atom. The lowest BCUT2D eigenvalue weighted by Gasteiger charge is -2.15. The van der Waals surface area contributed by atoms with Gasteiger partial charge in [-0.3, -0.25) is 0 Å². The molecular formula is C30H26F6N6O3. The van der Waals surface area contributed by atoms with Gasteiger partial charge in [0, 0.05) is 24.4 Å². The second-order valence-corrected chi connectivity index (χ2v) is 9.73. The van der Waals surface area contributed by atoms with Crippen LogP contribution in [-0.2, 0) is 25.4 Å². The molecule has 0 aliphatic heterocycles. The quantitative estimate of drug-likeness (QED) is 0.155. The smallest absolute Gasteiger partial charge is 0.416 e. The first-order chi connectivity index (χ1) is 21.4. The van der Waals surface area contributed by atoms with E-state index in [1.807, 2.05) is 0 Å². The lowest BCUT2D eigenvalue weighted by Crippen LogP contribution is -2.09. The number of fused-ring (bicyclic) bond motifs is 1. The van der Waals surface area contributed by atoms with Crippen molar-refractivity contribution in [3.05, 3.63) is 89.2 Å². The van der Waals surface area contributed by atoms with Crippen molar-refractivity contribution < 1.29 is 40.6 Å². The fourth-order valence-electron chi connectivity index (χ4n) is 4.56. The molecule has 0 saturated carbocycles. The second kappa shape index (κ2) is 12.4. The monoisotopic (exact) mass is 632 g/mol. The summed E-state index contributed by atoms with van der Waals surface area (Å²) < 4.78 is 96.8. The van der Waals surface area contributed by atoms with E-state index in [9.17, 15) is 26.3 Å². The summed E-state index contributed by atoms with van der Waals surface area (Å²) in [6.07, 6.45) is -7.52. The van der Waals surface area contributed by atoms with Gasteiger partial charge in [0.05, 0.1) is 45.3 Å². The number of hydrogen-bond acceptors (Lipinski definition) is 8. The van der Waals surface area contributed by atoms with Gasteiger partial charge < -0.3 is 29.4 Å². The number of alkyl halides is 6. The highest BCUT2D eigenvalue weighted by molar-refractivity contribution is 5.85. The van der Waals surface area contributed by atoms with Crippen LogP contribution >= 0.6 is 0 Å². The summed E-state index contributed by atoms with van der Waals surface area (Å²) in [4.78, 5) is 13.5. The topological polar surface area (TPSA) is 95.4 Å². The third kappa shape index (κ3) is 6.97. The Morgan fingerprint density at radius 1 is 0.756 bits per heavy atom. The molecular weight excluding hydrogens is 606 g/mol. The molecule has 0 atom stereocenters. The number of halogens is 6. The standard InChI is InChI=1S/C30H26F6N6O3/c1-43-22-12-21(13-23(44-2)25(22)45-3)39-28-40-26(37-14-18-5-4-6-20(11-18)30(34,35)36)24-27(41-28)42(16-38-24)15-17-7-9-19(10-8-17)29(31,32)33/h4-13,16H,14-15H2,1-3H3,(H2,37,39,40,41). The number of aromatic nitrogens is 4. The van der Waals surface area contributed by atoms with Gasteiger partial charge in [0.1, 0.15) is 0 Å². The summed E-state index contributed by atoms with van der Waals surface area (Å²) in [7, 11) is 4.38. The van der Waals surface area contributed by atoms with Crippen molar-refractivity contribution in [1.82, 2.24) is 19.5 Å². The van der Waals surface area contributed by atoms with Crippen molar-refractivity contribution in [2.24, 2.45) is 0 Å². The van der Waals surface area contributed by atoms with Crippen LogP contribution in [0.1, 0.15) is 22.3 Å². The van der Waals surface area contributed by atoms with Crippen LogP contribution in [0.15, 0.2) is 67.0 Å². The molecule has 2 N–H and O–H groups in total. The molecule has 0 radical (unpaired) electrons. The molecule has 0 unspecified atom stereocenters. The zero-order valence-electron chi connectivity index (χ0n) is 24.0. The summed E-state index contributed by atoms with van der Waals surface area (Å²) in [6, 6.07) is 12.8. The van der Waals surface area contributed by atoms with Gasteiger partial charge in [0.2, 0.25) is 11.7 Å². The van der Waals surface area contributed by atoms with Crippen molar-refractivity contribution in [2.45, 2.75) is 25.4 Å². The average molecular weight is 633 g/mol. The molecule has 0 fully saturated rings. The van der Waals surface area contributed by atoms with Crippen molar-refractivity contribution >= 4 is 28.6 Å². The molecule has 5 rings (SSSR count). The second-order valence-electron chi connectivity index (χ2n) is 9.73. The number of benzene rings is 3. The number of nitrogens with zero attached hydrogens (tertiary/aromatic N) is 4. The molecule has 2 aromatic heterocycles. The number of anilines is 3. The number of hydrogen-bond donors (Lipinski definition) is 2. The fraction of sp³-hybridized carbons (Fsp3) is 0.233. The molecule has 0 saturated heterocycles. The Morgan fingerprint density at radius 2 is 1.42 bits per heavy atom. The van der Waals surface area contributed by atoms with Crippen LogP contribution in [0, 0.1) is 0 Å². The minimum atomic E-state index is -4.51. The van der Waals surface area contributed by atoms with Crippen LogP contribution in [0.25, 0.3) is 11.2 Å². The van der Waals surface area contributed by atoms with Crippen LogP contribution in [0.4, 0.5) is 43.8 Å². The molecule has 0 spiro atoms. The predicted octanol–water partition coefficient (Wildman–Crippen LogP) is 7.29. The summed E-state index contributed by atoms with van der Waals surface area (Å²) in [6.45, 7) is 0.105. The molecule has 0 aliphatic rings. The van der Waals surface area contributed by atoms with E-state index in [-0.39, 0.29) is 24.9 Å². The number of methoxy groups -OCH3 is 3. The van der Waals surface area contributed by atoms with Crippen molar-refractivity contribution in [1.29, 1.82) is 0 Å². The van der Waals surface area contributed by atoms with E-state index in [1.54, 1.807) is 22.8 Å². The van der Waals surface area contributed by atoms with E-state index >= 15 is 0 Å². The Balaban J connectivity index is 1.52. The highest BCUT2D eigenvalue weighted by Crippen LogP contribution is 2.40. The van der Waals surface area contributed by atoms with Gasteiger partial charge in [-0.05, 0) is 35.4 Å². The molecule has 9 nitrogen and oxygen atoms in total. The molecule has 15 heteroatoms. The lowest BCUT2D eigenvalue weighted by molar-refractivity contribution is -0.138. The number of imidazole rings is 1. The van der Waals surface area contributed by atoms with Crippen molar-refractivity contribution in [3.63, 3.8) is 0 Å². The maximum Gasteiger partial charge on any atom is 0.416 e. The highest BCUT2D eigenvalue weighted by Gasteiger charge is 2.31. The van der Waals surface area contributed by atoms with E-state index in [0.29, 0.717) is 45.2 Å². The first kappa shape index (κ1) is 31.2. The Bertz CT molecular complexity index is 1780. The van der Waals surface area contributed by atoms with Crippen LogP contribution in [0.2, 0.25) is 0 Å². The summed E-state index contributed by atoms with van der Waals surface area (Å²) in [5.41, 5.74) is 0.401. The number of nitrogens with one attached hydrogen (secondary N) is 2. The van der Waals surface area contributed by atoms with E-state index in [4.69, 9.17) is 14.2 Å². The maximum atomic E-state index is 13.3. The Hall–Kier alpha value is -5.21. The van der Waals surface area contributed by atoms with Gasteiger partial charge in [-0.1, -0.05) is 24.3 Å². The van der Waals surface area contributed by atoms with Crippen LogP contribution in [0.3, 0.4) is 0 Å². The molecule has 0 amide bonds. The molecule has 0 bridgehead atoms. The molecule has 45 heavy (non-hydrogen) atoms. The zero-order chi connectivity index (χ0) is 32.4. The van der Waals surface area contributed by atoms with Gasteiger partial charge >= 0.3 is 12.4 Å². The van der Waals surface area contributed by atoms with Gasteiger partial charge in [-0.15, -0.1) is 0 Å². The Labute approximate surface area is 252 Å². The summed E-state index contributed by atoms with van der Waals surface area (Å²) in [5, 5.41) is 6.12. The van der Waals surface area contributed by atoms with Crippen LogP contribution < -0.4 is 24.8 Å². The van der Waals surface area contributed by atoms with E-state index in [2.05, 4.69) is 25.6 Å². The predicted molar refractivity (Wildman–Crippen MR) is 154 cm³/mol. The van der Waals surface area contributed by atoms with Crippen molar-refractivity contribution in [2.75, 3.05) is 32.0 Å². The first-order valence-corrected chi connectivity index (χ1v) is 13.3. The van der Waals surface area contributed by atoms with Crippen molar-refractivity contribution in [3.8, 4) is 17.2 Å². The number of rotatable bonds is 10. The summed E-state index contributed by atoms with van der Waals surface area (Å²) >= 11 is 0. The van der Waals surface area contributed by atoms with Crippen LogP contribution in [-0.4, -0.2) is 40.8 Å². The fourth-order valence-corrected chi connectivity index (χ4v) is 4.56. The normalized spacial score (nSPS) is 11.8. The highest BCUT2D eigenvalue weighted by atomic mass is 19.4. The third-order valence-electron chi connectivity index (χ3n) is 6.73. The first-order valence-electron chi connectivity index (χ1n) is 13.3. The Kier molecular flexibility index (Phi) is 8.62. The van der Waals surface area contributed by atoms with Gasteiger partial charge in [-0.25, -0.2) is 4.98 Å². The maximum absolute atomic E-state index is 13.3. The number of ether oxygens (including phenoxy) is 3. The molecule has 5 aromatic rings. The zero-order valence-corrected chi connectivity index (χ0v) is 24.0. The van der Waals surface area contributed by atoms with E-state index < -0.39 is 23.5 Å². The van der Waals surface area contributed by atoms with Gasteiger partial charge in [-0.2, -0.15) is 36.3 Å². The van der Waals surface area contributed by atoms with Gasteiger partial charge in [0.25, 0.3) is 0 Å². The van der Waals surface area contributed by atoms with E-state index in [1.165, 1.54) is 45.9 Å². The SMILES string of the molecule is COc1cc(Nc2nc(NCc3cccc(C(F)(F)F)c3)c3ncn(Cc4ccc(C(F)(F)F)cc4)c3n2)cc(OC)c1OC. The minimum Gasteiger partial charge on any atom is -0.493 e. The lowest BCUT2D eigenvalue weighted by atomic mass is 10.1. The average Bonchev–Trinajstić information content (AvgIpc) is 3.41. The summed E-state index contributed by atoms with van der Waals surface area (Å²) in [5.74, 6) is 1.36. The molecule has 3 aromatic carbocycles. The molecule has 236 valence electrons. The third-order valence-corrected chi connectivity index (χ3v) is 6.73.